The monoisotopic (exact) mass is 359 g/mol. The summed E-state index contributed by atoms with van der Waals surface area (Å²) in [6, 6.07) is 6.14. The quantitative estimate of drug-likeness (QED) is 0.686. The van der Waals surface area contributed by atoms with Crippen molar-refractivity contribution in [1.29, 1.82) is 0 Å². The summed E-state index contributed by atoms with van der Waals surface area (Å²) in [7, 11) is 0. The number of nitrogens with zero attached hydrogens (tertiary/aromatic N) is 2. The molecule has 0 atom stereocenters. The van der Waals surface area contributed by atoms with Gasteiger partial charge in [-0.3, -0.25) is 0 Å². The van der Waals surface area contributed by atoms with Crippen LogP contribution in [0.1, 0.15) is 35.0 Å². The number of carbonyl (C=O) groups is 1. The van der Waals surface area contributed by atoms with E-state index in [2.05, 4.69) is 15.0 Å². The number of H-pyrrole nitrogens is 1. The second-order valence-corrected chi connectivity index (χ2v) is 6.50. The number of hydrogen-bond acceptors (Lipinski definition) is 5. The van der Waals surface area contributed by atoms with Gasteiger partial charge in [0.1, 0.15) is 22.3 Å². The fourth-order valence-corrected chi connectivity index (χ4v) is 3.51. The molecule has 0 saturated carbocycles. The number of halogens is 1. The molecule has 2 heterocycles. The molecule has 0 radical (unpaired) electrons. The molecule has 0 bridgehead atoms. The Balaban J connectivity index is 2.08. The van der Waals surface area contributed by atoms with Crippen molar-refractivity contribution in [2.75, 3.05) is 6.61 Å². The summed E-state index contributed by atoms with van der Waals surface area (Å²) in [4.78, 5) is 25.2. The predicted molar refractivity (Wildman–Crippen MR) is 95.2 cm³/mol. The molecule has 0 aliphatic carbocycles. The molecule has 3 aromatic rings. The van der Waals surface area contributed by atoms with E-state index in [0.29, 0.717) is 29.4 Å². The molecule has 2 aromatic heterocycles. The SMILES string of the molecule is CCOC(=O)c1nc(-c2[nH]c(C)nc2-c2ccc(F)cc2)sc1CC. The zero-order chi connectivity index (χ0) is 18.0. The van der Waals surface area contributed by atoms with E-state index in [4.69, 9.17) is 4.74 Å². The Morgan fingerprint density at radius 3 is 2.60 bits per heavy atom. The van der Waals surface area contributed by atoms with Gasteiger partial charge in [0, 0.05) is 10.4 Å². The fourth-order valence-electron chi connectivity index (χ4n) is 2.52. The van der Waals surface area contributed by atoms with Crippen LogP contribution in [0.2, 0.25) is 0 Å². The molecule has 0 amide bonds. The largest absolute Gasteiger partial charge is 0.461 e. The molecule has 0 aliphatic rings. The van der Waals surface area contributed by atoms with E-state index in [1.807, 2.05) is 13.8 Å². The zero-order valence-corrected chi connectivity index (χ0v) is 15.0. The smallest absolute Gasteiger partial charge is 0.358 e. The lowest BCUT2D eigenvalue weighted by molar-refractivity contribution is 0.0519. The first kappa shape index (κ1) is 17.3. The first-order chi connectivity index (χ1) is 12.0. The third-order valence-electron chi connectivity index (χ3n) is 3.64. The van der Waals surface area contributed by atoms with E-state index in [0.717, 1.165) is 22.0 Å². The highest BCUT2D eigenvalue weighted by atomic mass is 32.1. The highest BCUT2D eigenvalue weighted by molar-refractivity contribution is 7.15. The van der Waals surface area contributed by atoms with E-state index >= 15 is 0 Å². The summed E-state index contributed by atoms with van der Waals surface area (Å²) >= 11 is 1.43. The van der Waals surface area contributed by atoms with E-state index in [1.54, 1.807) is 19.1 Å². The molecular formula is C18H18FN3O2S. The van der Waals surface area contributed by atoms with Crippen molar-refractivity contribution in [3.63, 3.8) is 0 Å². The topological polar surface area (TPSA) is 67.9 Å². The van der Waals surface area contributed by atoms with Crippen molar-refractivity contribution >= 4 is 17.3 Å². The maximum Gasteiger partial charge on any atom is 0.358 e. The van der Waals surface area contributed by atoms with Crippen LogP contribution in [0.15, 0.2) is 24.3 Å². The van der Waals surface area contributed by atoms with Crippen LogP contribution in [0, 0.1) is 12.7 Å². The van der Waals surface area contributed by atoms with Crippen molar-refractivity contribution in [3.8, 4) is 22.0 Å². The van der Waals surface area contributed by atoms with Gasteiger partial charge in [-0.05, 0) is 44.5 Å². The van der Waals surface area contributed by atoms with Crippen LogP contribution in [-0.4, -0.2) is 27.5 Å². The second kappa shape index (κ2) is 7.14. The van der Waals surface area contributed by atoms with Gasteiger partial charge in [-0.25, -0.2) is 19.2 Å². The summed E-state index contributed by atoms with van der Waals surface area (Å²) in [5.41, 5.74) is 2.54. The van der Waals surface area contributed by atoms with Gasteiger partial charge >= 0.3 is 5.97 Å². The van der Waals surface area contributed by atoms with Crippen LogP contribution in [0.5, 0.6) is 0 Å². The maximum absolute atomic E-state index is 13.2. The van der Waals surface area contributed by atoms with Crippen LogP contribution >= 0.6 is 11.3 Å². The summed E-state index contributed by atoms with van der Waals surface area (Å²) in [5.74, 6) is 0.00588. The molecule has 7 heteroatoms. The van der Waals surface area contributed by atoms with E-state index < -0.39 is 5.97 Å². The summed E-state index contributed by atoms with van der Waals surface area (Å²) in [5, 5.41) is 0.667. The first-order valence-corrected chi connectivity index (χ1v) is 8.84. The number of aryl methyl sites for hydroxylation is 2. The van der Waals surface area contributed by atoms with Crippen molar-refractivity contribution < 1.29 is 13.9 Å². The minimum Gasteiger partial charge on any atom is -0.461 e. The van der Waals surface area contributed by atoms with Gasteiger partial charge in [-0.2, -0.15) is 0 Å². The Bertz CT molecular complexity index is 900. The second-order valence-electron chi connectivity index (χ2n) is 5.42. The van der Waals surface area contributed by atoms with Crippen molar-refractivity contribution in [2.24, 2.45) is 0 Å². The predicted octanol–water partition coefficient (Wildman–Crippen LogP) is 4.39. The van der Waals surface area contributed by atoms with Gasteiger partial charge in [0.15, 0.2) is 5.69 Å². The average molecular weight is 359 g/mol. The fraction of sp³-hybridized carbons (Fsp3) is 0.278. The molecule has 130 valence electrons. The summed E-state index contributed by atoms with van der Waals surface area (Å²) in [6.07, 6.45) is 0.685. The van der Waals surface area contributed by atoms with Crippen LogP contribution < -0.4 is 0 Å². The van der Waals surface area contributed by atoms with E-state index in [9.17, 15) is 9.18 Å². The molecule has 0 spiro atoms. The normalized spacial score (nSPS) is 10.9. The van der Waals surface area contributed by atoms with Gasteiger partial charge in [0.2, 0.25) is 0 Å². The van der Waals surface area contributed by atoms with Gasteiger partial charge in [-0.1, -0.05) is 6.92 Å². The average Bonchev–Trinajstić information content (AvgIpc) is 3.19. The van der Waals surface area contributed by atoms with Gasteiger partial charge in [0.05, 0.1) is 12.3 Å². The third kappa shape index (κ3) is 3.46. The number of hydrogen-bond donors (Lipinski definition) is 1. The Hall–Kier alpha value is -2.54. The van der Waals surface area contributed by atoms with Crippen molar-refractivity contribution in [1.82, 2.24) is 15.0 Å². The molecule has 5 nitrogen and oxygen atoms in total. The van der Waals surface area contributed by atoms with Crippen molar-refractivity contribution in [2.45, 2.75) is 27.2 Å². The molecule has 1 aromatic carbocycles. The molecule has 0 saturated heterocycles. The highest BCUT2D eigenvalue weighted by Gasteiger charge is 2.22. The third-order valence-corrected chi connectivity index (χ3v) is 4.86. The van der Waals surface area contributed by atoms with Crippen LogP contribution in [0.3, 0.4) is 0 Å². The van der Waals surface area contributed by atoms with Crippen LogP contribution in [-0.2, 0) is 11.2 Å². The van der Waals surface area contributed by atoms with Crippen molar-refractivity contribution in [3.05, 3.63) is 46.5 Å². The lowest BCUT2D eigenvalue weighted by atomic mass is 10.1. The molecule has 3 rings (SSSR count). The summed E-state index contributed by atoms with van der Waals surface area (Å²) in [6.45, 7) is 5.89. The minimum absolute atomic E-state index is 0.301. The molecule has 0 fully saturated rings. The van der Waals surface area contributed by atoms with E-state index in [1.165, 1.54) is 23.5 Å². The number of esters is 1. The Kier molecular flexibility index (Phi) is 4.94. The number of carbonyl (C=O) groups excluding carboxylic acids is 1. The van der Waals surface area contributed by atoms with Crippen LogP contribution in [0.25, 0.3) is 22.0 Å². The maximum atomic E-state index is 13.2. The number of rotatable bonds is 5. The number of imidazole rings is 1. The lowest BCUT2D eigenvalue weighted by Crippen LogP contribution is -2.07. The molecule has 0 aliphatic heterocycles. The highest BCUT2D eigenvalue weighted by Crippen LogP contribution is 2.34. The number of nitrogens with one attached hydrogen (secondary N) is 1. The summed E-state index contributed by atoms with van der Waals surface area (Å²) < 4.78 is 18.3. The van der Waals surface area contributed by atoms with Gasteiger partial charge in [-0.15, -0.1) is 11.3 Å². The van der Waals surface area contributed by atoms with Gasteiger partial charge in [0.25, 0.3) is 0 Å². The van der Waals surface area contributed by atoms with E-state index in [-0.39, 0.29) is 5.82 Å². The van der Waals surface area contributed by atoms with Gasteiger partial charge < -0.3 is 9.72 Å². The zero-order valence-electron chi connectivity index (χ0n) is 14.2. The molecule has 0 unspecified atom stereocenters. The first-order valence-electron chi connectivity index (χ1n) is 8.03. The van der Waals surface area contributed by atoms with Crippen LogP contribution in [0.4, 0.5) is 4.39 Å². The Morgan fingerprint density at radius 1 is 1.24 bits per heavy atom. The molecular weight excluding hydrogens is 341 g/mol. The standard InChI is InChI=1S/C18H18FN3O2S/c1-4-13-15(18(23)24-5-2)22-17(25-13)16-14(20-10(3)21-16)11-6-8-12(19)9-7-11/h6-9H,4-5H2,1-3H3,(H,20,21). The number of ether oxygens (including phenoxy) is 1. The Morgan fingerprint density at radius 2 is 1.96 bits per heavy atom. The molecule has 1 N–H and O–H groups in total. The molecule has 25 heavy (non-hydrogen) atoms. The lowest BCUT2D eigenvalue weighted by Gasteiger charge is -2.00. The number of benzene rings is 1. The Labute approximate surface area is 148 Å². The number of thiazole rings is 1. The number of aromatic nitrogens is 3. The number of aromatic amines is 1. The minimum atomic E-state index is -0.415.